The van der Waals surface area contributed by atoms with Gasteiger partial charge in [-0.25, -0.2) is 8.42 Å². The number of hydrogen-bond donors (Lipinski definition) is 0. The van der Waals surface area contributed by atoms with Crippen LogP contribution in [0.3, 0.4) is 0 Å². The van der Waals surface area contributed by atoms with Crippen LogP contribution >= 0.6 is 0 Å². The molecule has 0 N–H and O–H groups in total. The summed E-state index contributed by atoms with van der Waals surface area (Å²) in [5.74, 6) is 0.506. The Bertz CT molecular complexity index is 1020. The zero-order chi connectivity index (χ0) is 20.9. The molecule has 156 valence electrons. The van der Waals surface area contributed by atoms with E-state index in [1.165, 1.54) is 6.07 Å². The fraction of sp³-hybridized carbons (Fsp3) is 0.476. The van der Waals surface area contributed by atoms with Crippen LogP contribution in [0.1, 0.15) is 61.3 Å². The van der Waals surface area contributed by atoms with E-state index in [0.29, 0.717) is 5.92 Å². The highest BCUT2D eigenvalue weighted by Gasteiger charge is 2.46. The van der Waals surface area contributed by atoms with E-state index < -0.39 is 32.4 Å². The number of hydrogen-bond acceptors (Lipinski definition) is 4. The number of nitrogens with zero attached hydrogens (tertiary/aromatic N) is 1. The van der Waals surface area contributed by atoms with Crippen molar-refractivity contribution < 1.29 is 26.3 Å². The van der Waals surface area contributed by atoms with Crippen LogP contribution in [-0.2, 0) is 20.8 Å². The smallest absolute Gasteiger partial charge is 0.373 e. The van der Waals surface area contributed by atoms with Crippen LogP contribution in [0.25, 0.3) is 0 Å². The maximum absolute atomic E-state index is 13.3. The van der Waals surface area contributed by atoms with Crippen LogP contribution in [0.2, 0.25) is 0 Å². The summed E-state index contributed by atoms with van der Waals surface area (Å²) in [5, 5.41) is 0. The predicted octanol–water partition coefficient (Wildman–Crippen LogP) is 5.06. The Balaban J connectivity index is 1.64. The van der Waals surface area contributed by atoms with Crippen LogP contribution in [-0.4, -0.2) is 24.8 Å². The Hall–Kier alpha value is -1.93. The first-order valence-electron chi connectivity index (χ1n) is 9.58. The number of pyridine rings is 1. The molecule has 1 unspecified atom stereocenters. The van der Waals surface area contributed by atoms with Crippen molar-refractivity contribution in [2.75, 3.05) is 6.61 Å². The molecule has 2 aromatic rings. The molecule has 2 atom stereocenters. The molecule has 29 heavy (non-hydrogen) atoms. The molecule has 4 rings (SSSR count). The number of halogens is 3. The van der Waals surface area contributed by atoms with E-state index in [1.807, 2.05) is 12.3 Å². The van der Waals surface area contributed by atoms with E-state index in [4.69, 9.17) is 4.74 Å². The average Bonchev–Trinajstić information content (AvgIpc) is 3.53. The van der Waals surface area contributed by atoms with E-state index in [-0.39, 0.29) is 24.3 Å². The van der Waals surface area contributed by atoms with Crippen molar-refractivity contribution in [2.45, 2.75) is 60.4 Å². The van der Waals surface area contributed by atoms with Crippen LogP contribution in [0, 0.1) is 0 Å². The molecular formula is C21H22F3NO3S. The quantitative estimate of drug-likeness (QED) is 0.687. The van der Waals surface area contributed by atoms with Gasteiger partial charge in [-0.05, 0) is 73.9 Å². The Morgan fingerprint density at radius 1 is 1.14 bits per heavy atom. The molecule has 1 saturated heterocycles. The van der Waals surface area contributed by atoms with Crippen LogP contribution in [0.4, 0.5) is 13.2 Å². The lowest BCUT2D eigenvalue weighted by Gasteiger charge is -2.38. The molecule has 0 amide bonds. The van der Waals surface area contributed by atoms with Crippen LogP contribution in [0.5, 0.6) is 0 Å². The van der Waals surface area contributed by atoms with Gasteiger partial charge in [-0.2, -0.15) is 13.2 Å². The largest absolute Gasteiger partial charge is 0.416 e. The van der Waals surface area contributed by atoms with Gasteiger partial charge in [0.2, 0.25) is 0 Å². The fourth-order valence-electron chi connectivity index (χ4n) is 3.84. The van der Waals surface area contributed by atoms with Gasteiger partial charge < -0.3 is 4.74 Å². The molecule has 2 heterocycles. The third-order valence-electron chi connectivity index (χ3n) is 5.89. The Morgan fingerprint density at radius 3 is 2.55 bits per heavy atom. The van der Waals surface area contributed by atoms with Gasteiger partial charge in [0.1, 0.15) is 0 Å². The van der Waals surface area contributed by atoms with Gasteiger partial charge in [-0.15, -0.1) is 0 Å². The number of aromatic nitrogens is 1. The molecule has 1 aliphatic heterocycles. The molecule has 1 aliphatic carbocycles. The predicted molar refractivity (Wildman–Crippen MR) is 101 cm³/mol. The van der Waals surface area contributed by atoms with Gasteiger partial charge in [0.25, 0.3) is 0 Å². The van der Waals surface area contributed by atoms with E-state index in [0.717, 1.165) is 42.2 Å². The molecule has 8 heteroatoms. The average molecular weight is 425 g/mol. The molecule has 2 aliphatic rings. The lowest BCUT2D eigenvalue weighted by Crippen LogP contribution is -2.42. The highest BCUT2D eigenvalue weighted by molar-refractivity contribution is 7.92. The zero-order valence-electron chi connectivity index (χ0n) is 15.9. The summed E-state index contributed by atoms with van der Waals surface area (Å²) in [4.78, 5) is 3.97. The molecule has 0 spiro atoms. The summed E-state index contributed by atoms with van der Waals surface area (Å²) in [6, 6.07) is 5.98. The van der Waals surface area contributed by atoms with Crippen LogP contribution < -0.4 is 0 Å². The Labute approximate surface area is 168 Å². The minimum atomic E-state index is -4.60. The minimum Gasteiger partial charge on any atom is -0.373 e. The minimum absolute atomic E-state index is 0.168. The first-order valence-corrected chi connectivity index (χ1v) is 11.1. The molecule has 0 bridgehead atoms. The summed E-state index contributed by atoms with van der Waals surface area (Å²) in [6.07, 6.45) is 1.08. The molecule has 2 fully saturated rings. The monoisotopic (exact) mass is 425 g/mol. The second-order valence-corrected chi connectivity index (χ2v) is 10.6. The fourth-order valence-corrected chi connectivity index (χ4v) is 5.68. The number of rotatable bonds is 4. The highest BCUT2D eigenvalue weighted by Crippen LogP contribution is 2.44. The topological polar surface area (TPSA) is 56.3 Å². The standard InChI is InChI=1S/C21H22F3NO3S/c1-20(29(26,27)18-4-2-3-17(10-18)21(22,23)24)7-8-28-19(11-20)16-9-15(12-25-13-16)14-5-6-14/h2-4,9-10,12-14,19H,5-8,11H2,1H3/t19?,20-/m1/s1. The molecule has 1 aromatic heterocycles. The first-order chi connectivity index (χ1) is 13.6. The SMILES string of the molecule is C[C@@]1(S(=O)(=O)c2cccc(C(F)(F)F)c2)CCOC(c2cncc(C3CC3)c2)C1. The number of sulfone groups is 1. The van der Waals surface area contributed by atoms with Gasteiger partial charge in [-0.3, -0.25) is 4.98 Å². The van der Waals surface area contributed by atoms with Crippen molar-refractivity contribution in [1.29, 1.82) is 0 Å². The maximum atomic E-state index is 13.3. The highest BCUT2D eigenvalue weighted by atomic mass is 32.2. The summed E-state index contributed by atoms with van der Waals surface area (Å²) in [7, 11) is -4.00. The van der Waals surface area contributed by atoms with Crippen molar-refractivity contribution in [1.82, 2.24) is 4.98 Å². The lowest BCUT2D eigenvalue weighted by atomic mass is 9.92. The maximum Gasteiger partial charge on any atom is 0.416 e. The Kier molecular flexibility index (Phi) is 4.98. The van der Waals surface area contributed by atoms with Crippen LogP contribution in [0.15, 0.2) is 47.6 Å². The number of benzene rings is 1. The first kappa shape index (κ1) is 20.3. The molecule has 0 radical (unpaired) electrons. The lowest BCUT2D eigenvalue weighted by molar-refractivity contribution is -0.137. The van der Waals surface area contributed by atoms with Crippen molar-refractivity contribution in [3.63, 3.8) is 0 Å². The van der Waals surface area contributed by atoms with E-state index in [9.17, 15) is 21.6 Å². The molecule has 1 saturated carbocycles. The van der Waals surface area contributed by atoms with E-state index >= 15 is 0 Å². The second-order valence-electron chi connectivity index (χ2n) is 8.12. The van der Waals surface area contributed by atoms with Crippen molar-refractivity contribution >= 4 is 9.84 Å². The third-order valence-corrected chi connectivity index (χ3v) is 8.43. The second kappa shape index (κ2) is 7.09. The summed E-state index contributed by atoms with van der Waals surface area (Å²) in [5.41, 5.74) is 0.978. The summed E-state index contributed by atoms with van der Waals surface area (Å²) in [6.45, 7) is 1.81. The van der Waals surface area contributed by atoms with Gasteiger partial charge in [0.15, 0.2) is 9.84 Å². The Morgan fingerprint density at radius 2 is 1.86 bits per heavy atom. The van der Waals surface area contributed by atoms with Crippen molar-refractivity contribution in [2.24, 2.45) is 0 Å². The van der Waals surface area contributed by atoms with E-state index in [2.05, 4.69) is 4.98 Å². The van der Waals surface area contributed by atoms with Gasteiger partial charge in [-0.1, -0.05) is 6.07 Å². The summed E-state index contributed by atoms with van der Waals surface area (Å²) < 4.78 is 70.4. The van der Waals surface area contributed by atoms with Crippen molar-refractivity contribution in [3.8, 4) is 0 Å². The number of ether oxygens (including phenoxy) is 1. The van der Waals surface area contributed by atoms with E-state index in [1.54, 1.807) is 13.1 Å². The molecule has 4 nitrogen and oxygen atoms in total. The summed E-state index contributed by atoms with van der Waals surface area (Å²) >= 11 is 0. The van der Waals surface area contributed by atoms with Gasteiger partial charge in [0.05, 0.1) is 21.3 Å². The molecule has 1 aromatic carbocycles. The van der Waals surface area contributed by atoms with Gasteiger partial charge >= 0.3 is 6.18 Å². The third kappa shape index (κ3) is 3.92. The van der Waals surface area contributed by atoms with Gasteiger partial charge in [0, 0.05) is 19.0 Å². The zero-order valence-corrected chi connectivity index (χ0v) is 16.8. The molecular weight excluding hydrogens is 403 g/mol. The number of alkyl halides is 3. The van der Waals surface area contributed by atoms with Crippen molar-refractivity contribution in [3.05, 3.63) is 59.4 Å². The normalized spacial score (nSPS) is 25.7.